The second kappa shape index (κ2) is 4.40. The summed E-state index contributed by atoms with van der Waals surface area (Å²) in [6.45, 7) is 3.48. The molecule has 0 aromatic carbocycles. The number of hydrogen-bond acceptors (Lipinski definition) is 1. The Morgan fingerprint density at radius 2 is 1.89 bits per heavy atom. The van der Waals surface area contributed by atoms with E-state index in [-0.39, 0.29) is 19.5 Å². The van der Waals surface area contributed by atoms with Crippen LogP contribution in [0.15, 0.2) is 31.1 Å². The van der Waals surface area contributed by atoms with E-state index in [0.717, 1.165) is 5.56 Å². The van der Waals surface area contributed by atoms with Gasteiger partial charge in [0, 0.05) is 19.5 Å². The first-order chi connectivity index (χ1) is 3.93. The summed E-state index contributed by atoms with van der Waals surface area (Å²) >= 11 is 0. The summed E-state index contributed by atoms with van der Waals surface area (Å²) in [5.41, 5.74) is 0.986. The van der Waals surface area contributed by atoms with E-state index in [2.05, 4.69) is 17.6 Å². The molecule has 1 aromatic heterocycles. The average Bonchev–Trinajstić information content (AvgIpc) is 1.90. The monoisotopic (exact) mass is 207 g/mol. The molecule has 0 spiro atoms. The van der Waals surface area contributed by atoms with Crippen molar-refractivity contribution in [2.75, 3.05) is 0 Å². The molecule has 1 aromatic rings. The molecule has 1 rings (SSSR count). The molecular weight excluding hydrogens is 201 g/mol. The summed E-state index contributed by atoms with van der Waals surface area (Å²) in [4.78, 5) is 3.83. The van der Waals surface area contributed by atoms with Gasteiger partial charge in [0.05, 0.1) is 0 Å². The smallest absolute Gasteiger partial charge is 0 e. The Bertz CT molecular complexity index is 172. The fraction of sp³-hybridized carbons (Fsp3) is 0. The summed E-state index contributed by atoms with van der Waals surface area (Å²) in [5, 5.41) is 0. The van der Waals surface area contributed by atoms with Gasteiger partial charge in [0.25, 0.3) is 0 Å². The van der Waals surface area contributed by atoms with Crippen LogP contribution < -0.4 is 0 Å². The van der Waals surface area contributed by atoms with Crippen LogP contribution in [0.5, 0.6) is 0 Å². The molecule has 0 aliphatic carbocycles. The maximum atomic E-state index is 3.83. The SMILES string of the molecule is C=[C-]c1ccncc1.[Rh]. The van der Waals surface area contributed by atoms with E-state index in [1.165, 1.54) is 0 Å². The topological polar surface area (TPSA) is 12.9 Å². The maximum Gasteiger partial charge on any atom is 0 e. The van der Waals surface area contributed by atoms with E-state index in [0.29, 0.717) is 0 Å². The first kappa shape index (κ1) is 8.51. The largest absolute Gasteiger partial charge is 0.291 e. The number of pyridine rings is 1. The number of aromatic nitrogens is 1. The summed E-state index contributed by atoms with van der Waals surface area (Å²) in [5.74, 6) is 0. The first-order valence-electron chi connectivity index (χ1n) is 2.36. The van der Waals surface area contributed by atoms with E-state index in [4.69, 9.17) is 0 Å². The van der Waals surface area contributed by atoms with Crippen molar-refractivity contribution in [3.05, 3.63) is 42.7 Å². The van der Waals surface area contributed by atoms with Crippen LogP contribution in [-0.2, 0) is 19.5 Å². The Balaban J connectivity index is 0.000000640. The van der Waals surface area contributed by atoms with Crippen LogP contribution in [-0.4, -0.2) is 4.98 Å². The zero-order chi connectivity index (χ0) is 5.82. The summed E-state index contributed by atoms with van der Waals surface area (Å²) in [6, 6.07) is 3.71. The molecule has 0 saturated heterocycles. The van der Waals surface area contributed by atoms with Crippen molar-refractivity contribution in [1.29, 1.82) is 0 Å². The summed E-state index contributed by atoms with van der Waals surface area (Å²) in [6.07, 6.45) is 6.17. The van der Waals surface area contributed by atoms with Crippen molar-refractivity contribution < 1.29 is 19.5 Å². The number of hydrogen-bond donors (Lipinski definition) is 0. The minimum Gasteiger partial charge on any atom is -0.291 e. The van der Waals surface area contributed by atoms with Gasteiger partial charge in [0.15, 0.2) is 0 Å². The van der Waals surface area contributed by atoms with Crippen LogP contribution in [0.25, 0.3) is 0 Å². The number of nitrogens with zero attached hydrogens (tertiary/aromatic N) is 1. The van der Waals surface area contributed by atoms with Crippen LogP contribution in [0.3, 0.4) is 0 Å². The Kier molecular flexibility index (Phi) is 4.16. The van der Waals surface area contributed by atoms with Crippen LogP contribution in [0.1, 0.15) is 5.56 Å². The van der Waals surface area contributed by atoms with Crippen molar-refractivity contribution in [2.45, 2.75) is 0 Å². The molecule has 0 aliphatic heterocycles. The third-order valence-corrected chi connectivity index (χ3v) is 0.884. The van der Waals surface area contributed by atoms with Gasteiger partial charge in [-0.05, 0) is 12.4 Å². The van der Waals surface area contributed by atoms with Gasteiger partial charge < -0.3 is 0 Å². The number of rotatable bonds is 1. The van der Waals surface area contributed by atoms with Gasteiger partial charge in [-0.1, -0.05) is 0 Å². The first-order valence-corrected chi connectivity index (χ1v) is 2.36. The fourth-order valence-electron chi connectivity index (χ4n) is 0.470. The zero-order valence-corrected chi connectivity index (χ0v) is 6.44. The summed E-state index contributed by atoms with van der Waals surface area (Å²) in [7, 11) is 0. The van der Waals surface area contributed by atoms with Gasteiger partial charge in [-0.15, -0.1) is 12.1 Å². The quantitative estimate of drug-likeness (QED) is 0.501. The Hall–Kier alpha value is -0.487. The van der Waals surface area contributed by atoms with Crippen molar-refractivity contribution in [3.63, 3.8) is 0 Å². The van der Waals surface area contributed by atoms with Crippen LogP contribution in [0.2, 0.25) is 0 Å². The van der Waals surface area contributed by atoms with Crippen molar-refractivity contribution in [2.24, 2.45) is 0 Å². The molecule has 0 atom stereocenters. The van der Waals surface area contributed by atoms with Gasteiger partial charge >= 0.3 is 0 Å². The van der Waals surface area contributed by atoms with Gasteiger partial charge in [-0.25, -0.2) is 0 Å². The minimum atomic E-state index is 0. The molecule has 9 heavy (non-hydrogen) atoms. The van der Waals surface area contributed by atoms with Gasteiger partial charge in [0.1, 0.15) is 0 Å². The van der Waals surface area contributed by atoms with E-state index in [9.17, 15) is 0 Å². The predicted molar refractivity (Wildman–Crippen MR) is 32.2 cm³/mol. The zero-order valence-electron chi connectivity index (χ0n) is 4.80. The molecule has 2 heteroatoms. The molecule has 0 bridgehead atoms. The van der Waals surface area contributed by atoms with Crippen LogP contribution in [0, 0.1) is 6.08 Å². The van der Waals surface area contributed by atoms with Gasteiger partial charge in [0.2, 0.25) is 0 Å². The van der Waals surface area contributed by atoms with Crippen LogP contribution >= 0.6 is 0 Å². The molecular formula is C7H6NRh-. The molecule has 0 amide bonds. The molecule has 0 aliphatic rings. The van der Waals surface area contributed by atoms with E-state index in [1.807, 2.05) is 12.1 Å². The van der Waals surface area contributed by atoms with E-state index in [1.54, 1.807) is 12.4 Å². The van der Waals surface area contributed by atoms with Crippen molar-refractivity contribution in [1.82, 2.24) is 4.98 Å². The fourth-order valence-corrected chi connectivity index (χ4v) is 0.470. The second-order valence-electron chi connectivity index (χ2n) is 1.41. The molecule has 0 saturated carbocycles. The predicted octanol–water partition coefficient (Wildman–Crippen LogP) is 1.42. The normalized spacial score (nSPS) is 7.56. The third kappa shape index (κ3) is 2.52. The van der Waals surface area contributed by atoms with Crippen molar-refractivity contribution >= 4 is 0 Å². The second-order valence-corrected chi connectivity index (χ2v) is 1.41. The van der Waals surface area contributed by atoms with Crippen LogP contribution in [0.4, 0.5) is 0 Å². The Morgan fingerprint density at radius 3 is 2.22 bits per heavy atom. The standard InChI is InChI=1S/C7H6N.Rh/c1-2-7-3-5-8-6-4-7;/h3-6H,1H2;/q-1;. The van der Waals surface area contributed by atoms with Gasteiger partial charge in [-0.2, -0.15) is 18.2 Å². The maximum absolute atomic E-state index is 3.83. The van der Waals surface area contributed by atoms with E-state index < -0.39 is 0 Å². The average molecular weight is 207 g/mol. The van der Waals surface area contributed by atoms with Crippen molar-refractivity contribution in [3.8, 4) is 0 Å². The molecule has 0 fully saturated rings. The third-order valence-electron chi connectivity index (χ3n) is 0.884. The molecule has 1 nitrogen and oxygen atoms in total. The van der Waals surface area contributed by atoms with Gasteiger partial charge in [-0.3, -0.25) is 4.98 Å². The molecule has 0 unspecified atom stereocenters. The molecule has 0 N–H and O–H groups in total. The molecule has 1 heterocycles. The molecule has 1 radical (unpaired) electrons. The Labute approximate surface area is 67.6 Å². The summed E-state index contributed by atoms with van der Waals surface area (Å²) < 4.78 is 0. The minimum absolute atomic E-state index is 0. The molecule has 49 valence electrons. The van der Waals surface area contributed by atoms with E-state index >= 15 is 0 Å². The Morgan fingerprint density at radius 1 is 1.33 bits per heavy atom.